The van der Waals surface area contributed by atoms with Gasteiger partial charge in [-0.05, 0) is 62.8 Å². The molecular formula is C20H30FN3O5S. The maximum atomic E-state index is 13.0. The Labute approximate surface area is 177 Å². The van der Waals surface area contributed by atoms with E-state index in [1.54, 1.807) is 14.0 Å². The number of benzene rings is 1. The molecule has 0 aliphatic heterocycles. The summed E-state index contributed by atoms with van der Waals surface area (Å²) in [5.41, 5.74) is 0. The number of halogens is 1. The van der Waals surface area contributed by atoms with Gasteiger partial charge in [-0.25, -0.2) is 17.5 Å². The summed E-state index contributed by atoms with van der Waals surface area (Å²) in [6, 6.07) is 4.04. The molecule has 30 heavy (non-hydrogen) atoms. The number of rotatable bonds is 10. The molecule has 0 heterocycles. The van der Waals surface area contributed by atoms with Crippen LogP contribution in [-0.4, -0.2) is 53.1 Å². The highest BCUT2D eigenvalue weighted by atomic mass is 32.2. The van der Waals surface area contributed by atoms with Crippen LogP contribution in [0.2, 0.25) is 0 Å². The summed E-state index contributed by atoms with van der Waals surface area (Å²) in [5, 5.41) is 5.42. The van der Waals surface area contributed by atoms with Crippen molar-refractivity contribution in [2.75, 3.05) is 26.8 Å². The molecule has 0 bridgehead atoms. The Hall–Kier alpha value is -2.04. The molecule has 1 aromatic rings. The lowest BCUT2D eigenvalue weighted by molar-refractivity contribution is -0.131. The van der Waals surface area contributed by atoms with E-state index in [0.29, 0.717) is 38.8 Å². The number of sulfonamides is 1. The summed E-state index contributed by atoms with van der Waals surface area (Å²) in [4.78, 5) is 24.4. The van der Waals surface area contributed by atoms with Gasteiger partial charge in [-0.2, -0.15) is 0 Å². The van der Waals surface area contributed by atoms with Crippen LogP contribution < -0.4 is 15.4 Å². The minimum Gasteiger partial charge on any atom is -0.383 e. The van der Waals surface area contributed by atoms with Crippen molar-refractivity contribution in [1.29, 1.82) is 0 Å². The molecule has 1 saturated carbocycles. The van der Waals surface area contributed by atoms with Crippen molar-refractivity contribution in [2.45, 2.75) is 43.5 Å². The van der Waals surface area contributed by atoms with Gasteiger partial charge in [0.15, 0.2) is 0 Å². The summed E-state index contributed by atoms with van der Waals surface area (Å²) < 4.78 is 45.0. The first-order valence-electron chi connectivity index (χ1n) is 10.0. The van der Waals surface area contributed by atoms with E-state index in [4.69, 9.17) is 4.74 Å². The lowest BCUT2D eigenvalue weighted by atomic mass is 9.81. The summed E-state index contributed by atoms with van der Waals surface area (Å²) in [6.07, 6.45) is 2.68. The van der Waals surface area contributed by atoms with Gasteiger partial charge in [0.2, 0.25) is 21.8 Å². The average molecular weight is 444 g/mol. The molecule has 8 nitrogen and oxygen atoms in total. The fraction of sp³-hybridized carbons (Fsp3) is 0.600. The Bertz CT molecular complexity index is 808. The van der Waals surface area contributed by atoms with E-state index in [1.807, 2.05) is 0 Å². The molecule has 10 heteroatoms. The van der Waals surface area contributed by atoms with Gasteiger partial charge >= 0.3 is 0 Å². The summed E-state index contributed by atoms with van der Waals surface area (Å²) in [5.74, 6) is -0.977. The molecule has 0 unspecified atom stereocenters. The number of hydrogen-bond donors (Lipinski definition) is 3. The van der Waals surface area contributed by atoms with Crippen molar-refractivity contribution in [3.8, 4) is 0 Å². The third-order valence-corrected chi connectivity index (χ3v) is 6.70. The normalized spacial score (nSPS) is 20.4. The third-order valence-electron chi connectivity index (χ3n) is 5.26. The van der Waals surface area contributed by atoms with Gasteiger partial charge in [-0.3, -0.25) is 9.59 Å². The molecule has 0 spiro atoms. The van der Waals surface area contributed by atoms with Crippen LogP contribution in [0.4, 0.5) is 4.39 Å². The first-order valence-corrected chi connectivity index (χ1v) is 11.5. The summed E-state index contributed by atoms with van der Waals surface area (Å²) in [7, 11) is -2.15. The second kappa shape index (κ2) is 11.4. The highest BCUT2D eigenvalue weighted by Crippen LogP contribution is 2.29. The van der Waals surface area contributed by atoms with E-state index in [0.717, 1.165) is 12.1 Å². The molecule has 2 amide bonds. The number of carbonyl (C=O) groups excluding carboxylic acids is 2. The molecule has 168 valence electrons. The number of methoxy groups -OCH3 is 1. The lowest BCUT2D eigenvalue weighted by Crippen LogP contribution is -2.47. The van der Waals surface area contributed by atoms with E-state index >= 15 is 0 Å². The highest BCUT2D eigenvalue weighted by molar-refractivity contribution is 7.89. The van der Waals surface area contributed by atoms with Crippen molar-refractivity contribution in [3.05, 3.63) is 30.1 Å². The number of amides is 2. The zero-order chi connectivity index (χ0) is 22.1. The van der Waals surface area contributed by atoms with E-state index in [1.165, 1.54) is 12.1 Å². The molecule has 0 aromatic heterocycles. The van der Waals surface area contributed by atoms with Crippen LogP contribution in [0.1, 0.15) is 32.6 Å². The van der Waals surface area contributed by atoms with Crippen molar-refractivity contribution in [2.24, 2.45) is 11.8 Å². The number of carbonyl (C=O) groups is 2. The standard InChI is InChI=1S/C20H30FN3O5S/c1-14(19(25)22-11-12-29-2)24-20(26)16-5-3-15(4-6-16)13-23-30(27,28)18-9-7-17(21)8-10-18/h7-10,14-16,23H,3-6,11-13H2,1-2H3,(H,22,25)(H,24,26)/t14-,15?,16?/m1/s1. The van der Waals surface area contributed by atoms with Gasteiger partial charge in [-0.1, -0.05) is 0 Å². The van der Waals surface area contributed by atoms with Crippen molar-refractivity contribution in [3.63, 3.8) is 0 Å². The maximum Gasteiger partial charge on any atom is 0.242 e. The van der Waals surface area contributed by atoms with E-state index in [2.05, 4.69) is 15.4 Å². The average Bonchev–Trinajstić information content (AvgIpc) is 2.73. The van der Waals surface area contributed by atoms with E-state index < -0.39 is 21.9 Å². The van der Waals surface area contributed by atoms with Gasteiger partial charge in [-0.15, -0.1) is 0 Å². The van der Waals surface area contributed by atoms with Gasteiger partial charge in [0.05, 0.1) is 11.5 Å². The summed E-state index contributed by atoms with van der Waals surface area (Å²) in [6.45, 7) is 2.69. The third kappa shape index (κ3) is 7.33. The van der Waals surface area contributed by atoms with Crippen LogP contribution >= 0.6 is 0 Å². The lowest BCUT2D eigenvalue weighted by Gasteiger charge is -2.28. The predicted octanol–water partition coefficient (Wildman–Crippen LogP) is 1.18. The minimum atomic E-state index is -3.69. The van der Waals surface area contributed by atoms with Crippen LogP contribution in [-0.2, 0) is 24.3 Å². The Morgan fingerprint density at radius 3 is 2.40 bits per heavy atom. The molecule has 1 aromatic carbocycles. The van der Waals surface area contributed by atoms with Crippen molar-refractivity contribution in [1.82, 2.24) is 15.4 Å². The van der Waals surface area contributed by atoms with Gasteiger partial charge in [0, 0.05) is 26.1 Å². The van der Waals surface area contributed by atoms with Crippen molar-refractivity contribution < 1.29 is 27.1 Å². The topological polar surface area (TPSA) is 114 Å². The first kappa shape index (κ1) is 24.2. The fourth-order valence-corrected chi connectivity index (χ4v) is 4.50. The molecular weight excluding hydrogens is 413 g/mol. The Balaban J connectivity index is 1.74. The van der Waals surface area contributed by atoms with Crippen LogP contribution in [0.5, 0.6) is 0 Å². The second-order valence-corrected chi connectivity index (χ2v) is 9.30. The number of nitrogens with one attached hydrogen (secondary N) is 3. The molecule has 1 fully saturated rings. The molecule has 3 N–H and O–H groups in total. The van der Waals surface area contributed by atoms with Gasteiger partial charge < -0.3 is 15.4 Å². The predicted molar refractivity (Wildman–Crippen MR) is 110 cm³/mol. The highest BCUT2D eigenvalue weighted by Gasteiger charge is 2.28. The first-order chi connectivity index (χ1) is 14.2. The van der Waals surface area contributed by atoms with Crippen LogP contribution in [0.15, 0.2) is 29.2 Å². The van der Waals surface area contributed by atoms with Crippen LogP contribution in [0, 0.1) is 17.7 Å². The summed E-state index contributed by atoms with van der Waals surface area (Å²) >= 11 is 0. The molecule has 2 rings (SSSR count). The fourth-order valence-electron chi connectivity index (χ4n) is 3.38. The Morgan fingerprint density at radius 2 is 1.80 bits per heavy atom. The van der Waals surface area contributed by atoms with E-state index in [9.17, 15) is 22.4 Å². The Kier molecular flexibility index (Phi) is 9.19. The zero-order valence-corrected chi connectivity index (χ0v) is 18.1. The molecule has 1 atom stereocenters. The molecule has 1 aliphatic rings. The van der Waals surface area contributed by atoms with Crippen molar-refractivity contribution >= 4 is 21.8 Å². The number of hydrogen-bond acceptors (Lipinski definition) is 5. The molecule has 1 aliphatic carbocycles. The zero-order valence-electron chi connectivity index (χ0n) is 17.3. The quantitative estimate of drug-likeness (QED) is 0.470. The van der Waals surface area contributed by atoms with Crippen LogP contribution in [0.3, 0.4) is 0 Å². The molecule has 0 saturated heterocycles. The molecule has 0 radical (unpaired) electrons. The largest absolute Gasteiger partial charge is 0.383 e. The monoisotopic (exact) mass is 443 g/mol. The number of ether oxygens (including phenoxy) is 1. The Morgan fingerprint density at radius 1 is 1.17 bits per heavy atom. The maximum absolute atomic E-state index is 13.0. The van der Waals surface area contributed by atoms with Gasteiger partial charge in [0.1, 0.15) is 11.9 Å². The van der Waals surface area contributed by atoms with Crippen LogP contribution in [0.25, 0.3) is 0 Å². The minimum absolute atomic E-state index is 0.0229. The second-order valence-electron chi connectivity index (χ2n) is 7.54. The SMILES string of the molecule is COCCNC(=O)[C@@H](C)NC(=O)C1CCC(CNS(=O)(=O)c2ccc(F)cc2)CC1. The van der Waals surface area contributed by atoms with E-state index in [-0.39, 0.29) is 35.1 Å². The smallest absolute Gasteiger partial charge is 0.242 e. The van der Waals surface area contributed by atoms with Gasteiger partial charge in [0.25, 0.3) is 0 Å².